The van der Waals surface area contributed by atoms with Crippen LogP contribution in [0.1, 0.15) is 5.56 Å². The molecule has 2 aromatic carbocycles. The average molecular weight is 433 g/mol. The van der Waals surface area contributed by atoms with Crippen molar-refractivity contribution in [2.24, 2.45) is 4.99 Å². The van der Waals surface area contributed by atoms with E-state index < -0.39 is 6.17 Å². The summed E-state index contributed by atoms with van der Waals surface area (Å²) in [7, 11) is 0. The minimum atomic E-state index is -0.471. The molecular weight excluding hydrogens is 419 g/mol. The molecule has 2 heterocycles. The maximum absolute atomic E-state index is 11.5. The molecule has 142 valence electrons. The van der Waals surface area contributed by atoms with Crippen molar-refractivity contribution >= 4 is 52.3 Å². The van der Waals surface area contributed by atoms with Crippen LogP contribution in [0.4, 0.5) is 5.69 Å². The molecule has 0 saturated carbocycles. The van der Waals surface area contributed by atoms with E-state index in [4.69, 9.17) is 23.2 Å². The first-order valence-electron chi connectivity index (χ1n) is 8.26. The number of aliphatic imine (C=N–C) groups is 1. The molecule has 10 heteroatoms. The predicted octanol–water partition coefficient (Wildman–Crippen LogP) is 3.84. The average Bonchev–Trinajstić information content (AvgIpc) is 3.36. The fraction of sp³-hybridized carbons (Fsp3) is 0.111. The molecule has 28 heavy (non-hydrogen) atoms. The van der Waals surface area contributed by atoms with E-state index in [1.807, 2.05) is 29.2 Å². The minimum Gasteiger partial charge on any atom is -0.323 e. The van der Waals surface area contributed by atoms with Crippen molar-refractivity contribution in [3.05, 3.63) is 70.7 Å². The first-order valence-corrected chi connectivity index (χ1v) is 9.83. The molecule has 1 aliphatic rings. The molecule has 0 radical (unpaired) electrons. The van der Waals surface area contributed by atoms with E-state index in [9.17, 15) is 4.79 Å². The van der Waals surface area contributed by atoms with Crippen LogP contribution in [0.2, 0.25) is 10.0 Å². The first-order chi connectivity index (χ1) is 13.6. The van der Waals surface area contributed by atoms with Gasteiger partial charge in [0, 0.05) is 6.54 Å². The van der Waals surface area contributed by atoms with Crippen LogP contribution in [0.5, 0.6) is 0 Å². The molecule has 1 saturated heterocycles. The summed E-state index contributed by atoms with van der Waals surface area (Å²) in [6, 6.07) is 13.0. The Kier molecular flexibility index (Phi) is 5.63. The summed E-state index contributed by atoms with van der Waals surface area (Å²) < 4.78 is 4.75. The number of aromatic nitrogens is 3. The molecule has 1 fully saturated rings. The summed E-state index contributed by atoms with van der Waals surface area (Å²) in [6.45, 7) is 0.515. The number of nitrogens with one attached hydrogen (secondary N) is 1. The Morgan fingerprint density at radius 2 is 2.00 bits per heavy atom. The number of halogens is 2. The molecule has 0 amide bonds. The molecule has 1 N–H and O–H groups in total. The third kappa shape index (κ3) is 4.05. The summed E-state index contributed by atoms with van der Waals surface area (Å²) in [5, 5.41) is 5.69. The molecule has 0 spiro atoms. The molecule has 1 atom stereocenters. The largest absolute Gasteiger partial charge is 0.323 e. The summed E-state index contributed by atoms with van der Waals surface area (Å²) in [4.78, 5) is 21.9. The number of aldehydes is 1. The first kappa shape index (κ1) is 18.9. The summed E-state index contributed by atoms with van der Waals surface area (Å²) >= 11 is 13.3. The van der Waals surface area contributed by atoms with Gasteiger partial charge < -0.3 is 4.90 Å². The third-order valence-corrected chi connectivity index (χ3v) is 5.69. The number of benzene rings is 2. The molecule has 3 aromatic rings. The maximum atomic E-state index is 11.5. The lowest BCUT2D eigenvalue weighted by atomic mass is 10.2. The van der Waals surface area contributed by atoms with Crippen LogP contribution in [-0.4, -0.2) is 37.3 Å². The van der Waals surface area contributed by atoms with Crippen LogP contribution < -0.4 is 4.72 Å². The zero-order chi connectivity index (χ0) is 19.5. The van der Waals surface area contributed by atoms with Crippen molar-refractivity contribution in [3.63, 3.8) is 0 Å². The van der Waals surface area contributed by atoms with E-state index in [-0.39, 0.29) is 0 Å². The Balaban J connectivity index is 1.57. The number of nitrogens with zero attached hydrogens (tertiary/aromatic N) is 5. The molecular formula is C18H14Cl2N6OS. The van der Waals surface area contributed by atoms with E-state index in [2.05, 4.69) is 19.8 Å². The Hall–Kier alpha value is -2.39. The lowest BCUT2D eigenvalue weighted by molar-refractivity contribution is -0.111. The van der Waals surface area contributed by atoms with Crippen molar-refractivity contribution in [1.29, 1.82) is 0 Å². The molecule has 4 rings (SSSR count). The van der Waals surface area contributed by atoms with Crippen LogP contribution in [0.15, 0.2) is 60.1 Å². The van der Waals surface area contributed by atoms with Gasteiger partial charge in [-0.2, -0.15) is 5.10 Å². The zero-order valence-electron chi connectivity index (χ0n) is 14.4. The fourth-order valence-corrected chi connectivity index (χ4v) is 3.81. The Morgan fingerprint density at radius 1 is 1.18 bits per heavy atom. The van der Waals surface area contributed by atoms with E-state index in [1.165, 1.54) is 18.3 Å². The molecule has 7 nitrogen and oxygen atoms in total. The maximum Gasteiger partial charge on any atom is 0.181 e. The fourth-order valence-electron chi connectivity index (χ4n) is 2.67. The minimum absolute atomic E-state index is 0.432. The molecule has 0 bridgehead atoms. The summed E-state index contributed by atoms with van der Waals surface area (Å²) in [5.41, 5.74) is 2.60. The second kappa shape index (κ2) is 8.32. The quantitative estimate of drug-likeness (QED) is 0.487. The SMILES string of the molecule is O=CC1NSC(=Nc2ccc(Cl)c(Cl)c2)N1Cc1ccc(-n2cncn2)cc1. The van der Waals surface area contributed by atoms with Gasteiger partial charge in [-0.15, -0.1) is 0 Å². The van der Waals surface area contributed by atoms with Crippen molar-refractivity contribution in [2.75, 3.05) is 0 Å². The summed E-state index contributed by atoms with van der Waals surface area (Å²) in [6.07, 6.45) is 3.51. The molecule has 1 unspecified atom stereocenters. The van der Waals surface area contributed by atoms with Crippen LogP contribution in [0, 0.1) is 0 Å². The number of hydrogen-bond donors (Lipinski definition) is 1. The number of carbonyl (C=O) groups excluding carboxylic acids is 1. The Morgan fingerprint density at radius 3 is 2.68 bits per heavy atom. The van der Waals surface area contributed by atoms with Crippen molar-refractivity contribution in [1.82, 2.24) is 24.4 Å². The van der Waals surface area contributed by atoms with Gasteiger partial charge in [0.05, 0.1) is 21.4 Å². The van der Waals surface area contributed by atoms with Gasteiger partial charge in [-0.05, 0) is 47.8 Å². The van der Waals surface area contributed by atoms with Crippen molar-refractivity contribution < 1.29 is 4.79 Å². The lowest BCUT2D eigenvalue weighted by Gasteiger charge is -2.21. The van der Waals surface area contributed by atoms with E-state index in [0.29, 0.717) is 27.4 Å². The number of amidine groups is 1. The zero-order valence-corrected chi connectivity index (χ0v) is 16.7. The summed E-state index contributed by atoms with van der Waals surface area (Å²) in [5.74, 6) is 0. The molecule has 0 aliphatic carbocycles. The third-order valence-electron chi connectivity index (χ3n) is 4.08. The van der Waals surface area contributed by atoms with E-state index in [1.54, 1.807) is 29.2 Å². The normalized spacial score (nSPS) is 18.0. The number of hydrogen-bond acceptors (Lipinski definition) is 6. The van der Waals surface area contributed by atoms with Gasteiger partial charge in [-0.3, -0.25) is 4.79 Å². The Labute approximate surface area is 175 Å². The van der Waals surface area contributed by atoms with Crippen LogP contribution in [-0.2, 0) is 11.3 Å². The van der Waals surface area contributed by atoms with Crippen molar-refractivity contribution in [2.45, 2.75) is 12.7 Å². The predicted molar refractivity (Wildman–Crippen MR) is 111 cm³/mol. The smallest absolute Gasteiger partial charge is 0.181 e. The second-order valence-corrected chi connectivity index (χ2v) is 7.55. The lowest BCUT2D eigenvalue weighted by Crippen LogP contribution is -2.38. The second-order valence-electron chi connectivity index (χ2n) is 5.93. The monoisotopic (exact) mass is 432 g/mol. The van der Waals surface area contributed by atoms with Gasteiger partial charge in [-0.25, -0.2) is 19.4 Å². The molecule has 1 aromatic heterocycles. The number of carbonyl (C=O) groups is 1. The topological polar surface area (TPSA) is 75.4 Å². The van der Waals surface area contributed by atoms with Gasteiger partial charge >= 0.3 is 0 Å². The van der Waals surface area contributed by atoms with Gasteiger partial charge in [0.25, 0.3) is 0 Å². The van der Waals surface area contributed by atoms with Crippen LogP contribution in [0.3, 0.4) is 0 Å². The van der Waals surface area contributed by atoms with Gasteiger partial charge in [-0.1, -0.05) is 35.3 Å². The number of rotatable bonds is 5. The van der Waals surface area contributed by atoms with Crippen LogP contribution in [0.25, 0.3) is 5.69 Å². The molecule has 1 aliphatic heterocycles. The highest BCUT2D eigenvalue weighted by atomic mass is 35.5. The highest BCUT2D eigenvalue weighted by molar-refractivity contribution is 8.12. The van der Waals surface area contributed by atoms with E-state index in [0.717, 1.165) is 17.5 Å². The van der Waals surface area contributed by atoms with Crippen LogP contribution >= 0.6 is 35.1 Å². The van der Waals surface area contributed by atoms with Gasteiger partial charge in [0.15, 0.2) is 11.5 Å². The highest BCUT2D eigenvalue weighted by Crippen LogP contribution is 2.29. The van der Waals surface area contributed by atoms with Gasteiger partial charge in [0.1, 0.15) is 18.8 Å². The highest BCUT2D eigenvalue weighted by Gasteiger charge is 2.29. The van der Waals surface area contributed by atoms with E-state index >= 15 is 0 Å². The van der Waals surface area contributed by atoms with Gasteiger partial charge in [0.2, 0.25) is 0 Å². The standard InChI is InChI=1S/C18H14Cl2N6OS/c19-15-6-3-13(7-16(15)20)23-18-25(17(9-27)24-28-18)8-12-1-4-14(5-2-12)26-11-21-10-22-26/h1-7,9-11,17,24H,8H2. The Bertz CT molecular complexity index is 1010. The van der Waals surface area contributed by atoms with Crippen molar-refractivity contribution in [3.8, 4) is 5.69 Å².